The standard InChI is InChI=1S/C36H35F3N2O4/c1-23-13-14-24-9-6-7-12-29(24)30(23)21-41(20-28-15-16-33(45-28)36(37,38)39)22-31-32(43-4)18-26(19-40-31)25-10-8-11-27(17-25)35(2,3)34(42)44-5/h6-19H,20-22H2,1-5H3. The molecule has 0 atom stereocenters. The zero-order valence-electron chi connectivity index (χ0n) is 25.9. The Bertz CT molecular complexity index is 1830. The van der Waals surface area contributed by atoms with Crippen molar-refractivity contribution in [3.05, 3.63) is 119 Å². The van der Waals surface area contributed by atoms with Gasteiger partial charge in [0.2, 0.25) is 5.76 Å². The zero-order valence-corrected chi connectivity index (χ0v) is 25.9. The fourth-order valence-corrected chi connectivity index (χ4v) is 5.48. The Morgan fingerprint density at radius 3 is 2.38 bits per heavy atom. The van der Waals surface area contributed by atoms with Gasteiger partial charge in [-0.25, -0.2) is 0 Å². The van der Waals surface area contributed by atoms with Gasteiger partial charge in [0.25, 0.3) is 0 Å². The fraction of sp³-hybridized carbons (Fsp3) is 0.278. The number of aryl methyl sites for hydroxylation is 1. The summed E-state index contributed by atoms with van der Waals surface area (Å²) in [5.74, 6) is -0.649. The second-order valence-electron chi connectivity index (χ2n) is 11.6. The number of hydrogen-bond donors (Lipinski definition) is 0. The summed E-state index contributed by atoms with van der Waals surface area (Å²) in [7, 11) is 2.93. The summed E-state index contributed by atoms with van der Waals surface area (Å²) < 4.78 is 56.0. The molecule has 0 fully saturated rings. The molecule has 5 rings (SSSR count). The number of rotatable bonds is 10. The van der Waals surface area contributed by atoms with E-state index < -0.39 is 17.4 Å². The number of nitrogens with zero attached hydrogens (tertiary/aromatic N) is 2. The topological polar surface area (TPSA) is 64.8 Å². The van der Waals surface area contributed by atoms with E-state index in [1.165, 1.54) is 13.2 Å². The molecule has 0 aliphatic heterocycles. The van der Waals surface area contributed by atoms with Gasteiger partial charge in [-0.1, -0.05) is 54.6 Å². The van der Waals surface area contributed by atoms with Crippen LogP contribution in [-0.2, 0) is 40.8 Å². The quantitative estimate of drug-likeness (QED) is 0.147. The van der Waals surface area contributed by atoms with Crippen LogP contribution in [0.3, 0.4) is 0 Å². The minimum absolute atomic E-state index is 0.121. The van der Waals surface area contributed by atoms with Crippen molar-refractivity contribution >= 4 is 16.7 Å². The summed E-state index contributed by atoms with van der Waals surface area (Å²) in [6.45, 7) is 6.48. The molecule has 0 aliphatic rings. The third-order valence-corrected chi connectivity index (χ3v) is 8.11. The number of benzene rings is 3. The highest BCUT2D eigenvalue weighted by molar-refractivity contribution is 5.86. The SMILES string of the molecule is COC(=O)C(C)(C)c1cccc(-c2cnc(CN(Cc3ccc(C(F)(F)F)o3)Cc3c(C)ccc4ccccc34)c(OC)c2)c1. The summed E-state index contributed by atoms with van der Waals surface area (Å²) in [5, 5.41) is 2.15. The van der Waals surface area contributed by atoms with Crippen LogP contribution in [-0.4, -0.2) is 30.1 Å². The molecule has 0 aliphatic carbocycles. The van der Waals surface area contributed by atoms with Gasteiger partial charge in [-0.05, 0) is 78.1 Å². The number of hydrogen-bond acceptors (Lipinski definition) is 6. The van der Waals surface area contributed by atoms with Crippen molar-refractivity contribution in [2.75, 3.05) is 14.2 Å². The number of carbonyl (C=O) groups is 1. The van der Waals surface area contributed by atoms with E-state index in [-0.39, 0.29) is 24.8 Å². The largest absolute Gasteiger partial charge is 0.495 e. The second-order valence-corrected chi connectivity index (χ2v) is 11.6. The van der Waals surface area contributed by atoms with Crippen LogP contribution in [0.5, 0.6) is 5.75 Å². The predicted molar refractivity (Wildman–Crippen MR) is 167 cm³/mol. The number of esters is 1. The number of halogens is 3. The molecule has 234 valence electrons. The van der Waals surface area contributed by atoms with Gasteiger partial charge in [-0.3, -0.25) is 14.7 Å². The highest BCUT2D eigenvalue weighted by atomic mass is 19.4. The van der Waals surface area contributed by atoms with Crippen molar-refractivity contribution in [3.63, 3.8) is 0 Å². The Morgan fingerprint density at radius 1 is 0.889 bits per heavy atom. The lowest BCUT2D eigenvalue weighted by Crippen LogP contribution is -2.30. The first-order valence-corrected chi connectivity index (χ1v) is 14.5. The van der Waals surface area contributed by atoms with E-state index in [0.717, 1.165) is 44.7 Å². The van der Waals surface area contributed by atoms with E-state index in [2.05, 4.69) is 6.07 Å². The predicted octanol–water partition coefficient (Wildman–Crippen LogP) is 8.48. The molecule has 6 nitrogen and oxygen atoms in total. The van der Waals surface area contributed by atoms with Crippen molar-refractivity contribution in [1.82, 2.24) is 9.88 Å². The number of methoxy groups -OCH3 is 2. The second kappa shape index (κ2) is 12.8. The summed E-state index contributed by atoms with van der Waals surface area (Å²) >= 11 is 0. The number of aromatic nitrogens is 1. The minimum atomic E-state index is -4.57. The van der Waals surface area contributed by atoms with E-state index >= 15 is 0 Å². The highest BCUT2D eigenvalue weighted by Crippen LogP contribution is 2.34. The van der Waals surface area contributed by atoms with Crippen LogP contribution < -0.4 is 4.74 Å². The first kappa shape index (κ1) is 31.8. The number of pyridine rings is 1. The van der Waals surface area contributed by atoms with Gasteiger partial charge in [0.1, 0.15) is 11.5 Å². The molecule has 0 saturated carbocycles. The molecule has 45 heavy (non-hydrogen) atoms. The molecular formula is C36H35F3N2O4. The molecule has 0 N–H and O–H groups in total. The maximum absolute atomic E-state index is 13.3. The molecule has 2 aromatic heterocycles. The molecule has 0 saturated heterocycles. The van der Waals surface area contributed by atoms with E-state index in [9.17, 15) is 18.0 Å². The van der Waals surface area contributed by atoms with Gasteiger partial charge in [0.15, 0.2) is 0 Å². The van der Waals surface area contributed by atoms with Gasteiger partial charge < -0.3 is 13.9 Å². The van der Waals surface area contributed by atoms with Crippen LogP contribution in [0.1, 0.15) is 47.8 Å². The number of carbonyl (C=O) groups excluding carboxylic acids is 1. The maximum atomic E-state index is 13.3. The van der Waals surface area contributed by atoms with E-state index in [0.29, 0.717) is 18.0 Å². The van der Waals surface area contributed by atoms with Crippen molar-refractivity contribution in [3.8, 4) is 16.9 Å². The molecule has 0 bridgehead atoms. The Kier molecular flexibility index (Phi) is 9.02. The summed E-state index contributed by atoms with van der Waals surface area (Å²) in [6, 6.07) is 24.0. The smallest absolute Gasteiger partial charge is 0.449 e. The molecule has 5 aromatic rings. The van der Waals surface area contributed by atoms with Crippen molar-refractivity contribution in [2.45, 2.75) is 52.0 Å². The average molecular weight is 617 g/mol. The van der Waals surface area contributed by atoms with Crippen LogP contribution in [0.25, 0.3) is 21.9 Å². The number of ether oxygens (including phenoxy) is 2. The number of furan rings is 1. The van der Waals surface area contributed by atoms with Gasteiger partial charge in [0.05, 0.1) is 31.9 Å². The molecule has 0 unspecified atom stereocenters. The number of alkyl halides is 3. The van der Waals surface area contributed by atoms with Crippen LogP contribution in [0.15, 0.2) is 89.5 Å². The monoisotopic (exact) mass is 616 g/mol. The lowest BCUT2D eigenvalue weighted by Gasteiger charge is -2.24. The van der Waals surface area contributed by atoms with Crippen LogP contribution in [0, 0.1) is 6.92 Å². The number of fused-ring (bicyclic) bond motifs is 1. The molecule has 0 radical (unpaired) electrons. The molecule has 9 heteroatoms. The van der Waals surface area contributed by atoms with Crippen LogP contribution in [0.4, 0.5) is 13.2 Å². The molecule has 0 spiro atoms. The Labute approximate surface area is 260 Å². The molecule has 0 amide bonds. The Hall–Kier alpha value is -4.63. The lowest BCUT2D eigenvalue weighted by atomic mass is 9.83. The van der Waals surface area contributed by atoms with E-state index in [1.54, 1.807) is 13.3 Å². The summed E-state index contributed by atoms with van der Waals surface area (Å²) in [6.07, 6.45) is -2.84. The fourth-order valence-electron chi connectivity index (χ4n) is 5.48. The Morgan fingerprint density at radius 2 is 1.67 bits per heavy atom. The molecule has 3 aromatic carbocycles. The zero-order chi connectivity index (χ0) is 32.4. The third kappa shape index (κ3) is 6.88. The van der Waals surface area contributed by atoms with Crippen molar-refractivity contribution < 1.29 is 31.9 Å². The van der Waals surface area contributed by atoms with Crippen molar-refractivity contribution in [1.29, 1.82) is 0 Å². The maximum Gasteiger partial charge on any atom is 0.449 e. The van der Waals surface area contributed by atoms with Crippen LogP contribution >= 0.6 is 0 Å². The van der Waals surface area contributed by atoms with Gasteiger partial charge in [-0.2, -0.15) is 13.2 Å². The van der Waals surface area contributed by atoms with Gasteiger partial charge in [0, 0.05) is 24.8 Å². The van der Waals surface area contributed by atoms with Crippen LogP contribution in [0.2, 0.25) is 0 Å². The van der Waals surface area contributed by atoms with Gasteiger partial charge >= 0.3 is 12.1 Å². The Balaban J connectivity index is 1.49. The third-order valence-electron chi connectivity index (χ3n) is 8.11. The average Bonchev–Trinajstić information content (AvgIpc) is 3.51. The summed E-state index contributed by atoms with van der Waals surface area (Å²) in [4.78, 5) is 19.2. The molecular weight excluding hydrogens is 581 g/mol. The van der Waals surface area contributed by atoms with Crippen molar-refractivity contribution in [2.24, 2.45) is 0 Å². The summed E-state index contributed by atoms with van der Waals surface area (Å²) in [5.41, 5.74) is 4.34. The molecule has 2 heterocycles. The van der Waals surface area contributed by atoms with E-state index in [1.807, 2.05) is 86.3 Å². The highest BCUT2D eigenvalue weighted by Gasteiger charge is 2.35. The first-order chi connectivity index (χ1) is 21.4. The minimum Gasteiger partial charge on any atom is -0.495 e. The normalized spacial score (nSPS) is 12.1. The lowest BCUT2D eigenvalue weighted by molar-refractivity contribution is -0.153. The first-order valence-electron chi connectivity index (χ1n) is 14.5. The van der Waals surface area contributed by atoms with E-state index in [4.69, 9.17) is 18.9 Å². The van der Waals surface area contributed by atoms with Gasteiger partial charge in [-0.15, -0.1) is 0 Å².